The van der Waals surface area contributed by atoms with E-state index >= 15 is 0 Å². The molecule has 0 heterocycles. The van der Waals surface area contributed by atoms with Crippen molar-refractivity contribution in [3.8, 4) is 11.5 Å². The zero-order valence-electron chi connectivity index (χ0n) is 20.6. The molecule has 4 rings (SSSR count). The summed E-state index contributed by atoms with van der Waals surface area (Å²) in [5.74, 6) is 0.713. The van der Waals surface area contributed by atoms with Gasteiger partial charge in [0.25, 0.3) is 5.91 Å². The Balaban J connectivity index is 1.47. The summed E-state index contributed by atoms with van der Waals surface area (Å²) in [5, 5.41) is 4.42. The lowest BCUT2D eigenvalue weighted by Gasteiger charge is -2.22. The lowest BCUT2D eigenvalue weighted by molar-refractivity contribution is -0.121. The Bertz CT molecular complexity index is 1530. The fraction of sp³-hybridized carbons (Fsp3) is 0.103. The SMILES string of the molecule is Cc1ccc(S(=O)(=O)N(CC(=O)N/N=C\c2cccc(Oc3ccccc3)c2)Cc2ccccc2Cl)cc1. The summed E-state index contributed by atoms with van der Waals surface area (Å²) in [7, 11) is -3.99. The molecule has 1 N–H and O–H groups in total. The number of halogens is 1. The van der Waals surface area contributed by atoms with Crippen LogP contribution in [0.25, 0.3) is 0 Å². The lowest BCUT2D eigenvalue weighted by atomic mass is 10.2. The van der Waals surface area contributed by atoms with E-state index < -0.39 is 22.5 Å². The van der Waals surface area contributed by atoms with E-state index in [2.05, 4.69) is 10.5 Å². The van der Waals surface area contributed by atoms with E-state index in [0.717, 1.165) is 9.87 Å². The summed E-state index contributed by atoms with van der Waals surface area (Å²) in [6.07, 6.45) is 1.46. The molecule has 0 aliphatic rings. The number of benzene rings is 4. The van der Waals surface area contributed by atoms with E-state index in [4.69, 9.17) is 16.3 Å². The maximum Gasteiger partial charge on any atom is 0.255 e. The van der Waals surface area contributed by atoms with Crippen LogP contribution in [0.1, 0.15) is 16.7 Å². The van der Waals surface area contributed by atoms with Crippen molar-refractivity contribution in [2.75, 3.05) is 6.54 Å². The first-order chi connectivity index (χ1) is 18.3. The number of amides is 1. The average Bonchev–Trinajstić information content (AvgIpc) is 2.90. The number of nitrogens with zero attached hydrogens (tertiary/aromatic N) is 2. The molecule has 0 aromatic heterocycles. The third-order valence-electron chi connectivity index (χ3n) is 5.52. The highest BCUT2D eigenvalue weighted by molar-refractivity contribution is 7.89. The van der Waals surface area contributed by atoms with Gasteiger partial charge in [-0.25, -0.2) is 13.8 Å². The van der Waals surface area contributed by atoms with Gasteiger partial charge in [-0.2, -0.15) is 9.41 Å². The Morgan fingerprint density at radius 3 is 2.34 bits per heavy atom. The molecule has 4 aromatic carbocycles. The second kappa shape index (κ2) is 12.5. The molecular formula is C29H26ClN3O4S. The van der Waals surface area contributed by atoms with Crippen LogP contribution in [0.15, 0.2) is 113 Å². The smallest absolute Gasteiger partial charge is 0.255 e. The van der Waals surface area contributed by atoms with Crippen LogP contribution in [-0.4, -0.2) is 31.4 Å². The number of carbonyl (C=O) groups excluding carboxylic acids is 1. The van der Waals surface area contributed by atoms with Crippen LogP contribution in [0, 0.1) is 6.92 Å². The highest BCUT2D eigenvalue weighted by atomic mass is 35.5. The van der Waals surface area contributed by atoms with Crippen molar-refractivity contribution >= 4 is 33.7 Å². The number of sulfonamides is 1. The van der Waals surface area contributed by atoms with Gasteiger partial charge in [-0.3, -0.25) is 4.79 Å². The summed E-state index contributed by atoms with van der Waals surface area (Å²) in [5.41, 5.74) is 4.61. The Morgan fingerprint density at radius 1 is 0.921 bits per heavy atom. The second-order valence-corrected chi connectivity index (χ2v) is 10.8. The number of hydrogen-bond donors (Lipinski definition) is 1. The van der Waals surface area contributed by atoms with E-state index in [1.54, 1.807) is 54.6 Å². The molecule has 4 aromatic rings. The number of aryl methyl sites for hydroxylation is 1. The number of nitrogens with one attached hydrogen (secondary N) is 1. The van der Waals surface area contributed by atoms with E-state index in [1.807, 2.05) is 43.3 Å². The summed E-state index contributed by atoms with van der Waals surface area (Å²) >= 11 is 6.28. The molecule has 0 radical (unpaired) electrons. The standard InChI is InChI=1S/C29H26ClN3O4S/c1-22-14-16-27(17-15-22)38(35,36)33(20-24-9-5-6-13-28(24)30)21-29(34)32-31-19-23-8-7-12-26(18-23)37-25-10-3-2-4-11-25/h2-19H,20-21H2,1H3,(H,32,34)/b31-19-. The maximum atomic E-state index is 13.4. The van der Waals surface area contributed by atoms with Gasteiger partial charge in [0, 0.05) is 11.6 Å². The molecule has 0 bridgehead atoms. The van der Waals surface area contributed by atoms with Gasteiger partial charge in [-0.15, -0.1) is 0 Å². The molecule has 0 saturated carbocycles. The van der Waals surface area contributed by atoms with Crippen molar-refractivity contribution in [2.24, 2.45) is 5.10 Å². The fourth-order valence-corrected chi connectivity index (χ4v) is 5.13. The van der Waals surface area contributed by atoms with Crippen LogP contribution in [0.5, 0.6) is 11.5 Å². The van der Waals surface area contributed by atoms with Crippen molar-refractivity contribution in [2.45, 2.75) is 18.4 Å². The Labute approximate surface area is 227 Å². The zero-order valence-corrected chi connectivity index (χ0v) is 22.2. The fourth-order valence-electron chi connectivity index (χ4n) is 3.56. The molecule has 38 heavy (non-hydrogen) atoms. The van der Waals surface area contributed by atoms with Crippen molar-refractivity contribution in [1.82, 2.24) is 9.73 Å². The van der Waals surface area contributed by atoms with Gasteiger partial charge in [0.15, 0.2) is 0 Å². The van der Waals surface area contributed by atoms with E-state index in [-0.39, 0.29) is 11.4 Å². The van der Waals surface area contributed by atoms with Gasteiger partial charge in [0.1, 0.15) is 11.5 Å². The van der Waals surface area contributed by atoms with E-state index in [1.165, 1.54) is 18.3 Å². The largest absolute Gasteiger partial charge is 0.457 e. The highest BCUT2D eigenvalue weighted by Crippen LogP contribution is 2.23. The van der Waals surface area contributed by atoms with E-state index in [0.29, 0.717) is 27.6 Å². The Morgan fingerprint density at radius 2 is 1.61 bits per heavy atom. The minimum Gasteiger partial charge on any atom is -0.457 e. The molecule has 7 nitrogen and oxygen atoms in total. The third-order valence-corrected chi connectivity index (χ3v) is 7.70. The molecule has 0 aliphatic carbocycles. The minimum atomic E-state index is -3.99. The molecule has 0 aliphatic heterocycles. The molecule has 1 amide bonds. The molecule has 0 fully saturated rings. The number of para-hydroxylation sites is 1. The summed E-state index contributed by atoms with van der Waals surface area (Å²) < 4.78 is 33.8. The normalized spacial score (nSPS) is 11.6. The van der Waals surface area contributed by atoms with Gasteiger partial charge >= 0.3 is 0 Å². The van der Waals surface area contributed by atoms with Gasteiger partial charge in [0.05, 0.1) is 17.7 Å². The van der Waals surface area contributed by atoms with Gasteiger partial charge < -0.3 is 4.74 Å². The van der Waals surface area contributed by atoms with E-state index in [9.17, 15) is 13.2 Å². The second-order valence-electron chi connectivity index (χ2n) is 8.46. The third kappa shape index (κ3) is 7.29. The highest BCUT2D eigenvalue weighted by Gasteiger charge is 2.27. The van der Waals surface area contributed by atoms with Crippen LogP contribution in [-0.2, 0) is 21.4 Å². The van der Waals surface area contributed by atoms with Crippen LogP contribution in [0.2, 0.25) is 5.02 Å². The number of hydrogen-bond acceptors (Lipinski definition) is 5. The molecule has 0 spiro atoms. The number of hydrazone groups is 1. The summed E-state index contributed by atoms with van der Waals surface area (Å²) in [4.78, 5) is 12.9. The van der Waals surface area contributed by atoms with Gasteiger partial charge in [0.2, 0.25) is 10.0 Å². The number of rotatable bonds is 10. The van der Waals surface area contributed by atoms with Crippen molar-refractivity contribution in [1.29, 1.82) is 0 Å². The molecule has 194 valence electrons. The first kappa shape index (κ1) is 27.1. The lowest BCUT2D eigenvalue weighted by Crippen LogP contribution is -2.39. The topological polar surface area (TPSA) is 88.1 Å². The maximum absolute atomic E-state index is 13.4. The van der Waals surface area contributed by atoms with Gasteiger partial charge in [-0.1, -0.05) is 77.8 Å². The molecular weight excluding hydrogens is 522 g/mol. The Hall–Kier alpha value is -3.98. The van der Waals surface area contributed by atoms with Crippen LogP contribution < -0.4 is 10.2 Å². The first-order valence-corrected chi connectivity index (χ1v) is 13.6. The monoisotopic (exact) mass is 547 g/mol. The Kier molecular flexibility index (Phi) is 8.91. The van der Waals surface area contributed by atoms with Crippen molar-refractivity contribution in [3.63, 3.8) is 0 Å². The molecule has 0 atom stereocenters. The molecule has 0 saturated heterocycles. The quantitative estimate of drug-likeness (QED) is 0.201. The molecule has 0 unspecified atom stereocenters. The van der Waals surface area contributed by atoms with Crippen LogP contribution in [0.3, 0.4) is 0 Å². The van der Waals surface area contributed by atoms with Crippen LogP contribution >= 0.6 is 11.6 Å². The van der Waals surface area contributed by atoms with Gasteiger partial charge in [-0.05, 0) is 60.5 Å². The first-order valence-electron chi connectivity index (χ1n) is 11.8. The van der Waals surface area contributed by atoms with Crippen LogP contribution in [0.4, 0.5) is 0 Å². The zero-order chi connectivity index (χ0) is 27.0. The summed E-state index contributed by atoms with van der Waals surface area (Å²) in [6.45, 7) is 1.34. The predicted molar refractivity (Wildman–Crippen MR) is 149 cm³/mol. The summed E-state index contributed by atoms with van der Waals surface area (Å²) in [6, 6.07) is 29.9. The van der Waals surface area contributed by atoms with Crippen molar-refractivity contribution in [3.05, 3.63) is 125 Å². The number of carbonyl (C=O) groups is 1. The number of ether oxygens (including phenoxy) is 1. The molecule has 9 heteroatoms. The average molecular weight is 548 g/mol. The minimum absolute atomic E-state index is 0.0775. The predicted octanol–water partition coefficient (Wildman–Crippen LogP) is 5.78. The van der Waals surface area contributed by atoms with Crippen molar-refractivity contribution < 1.29 is 17.9 Å².